The largest absolute Gasteiger partial charge is 0.349 e. The predicted octanol–water partition coefficient (Wildman–Crippen LogP) is 3.68. The van der Waals surface area contributed by atoms with Crippen LogP contribution in [0.2, 0.25) is 0 Å². The van der Waals surface area contributed by atoms with Gasteiger partial charge in [0.15, 0.2) is 0 Å². The van der Waals surface area contributed by atoms with Gasteiger partial charge < -0.3 is 15.5 Å². The highest BCUT2D eigenvalue weighted by atomic mass is 16.6. The Morgan fingerprint density at radius 1 is 1.00 bits per heavy atom. The molecule has 2 N–H and O–H groups in total. The van der Waals surface area contributed by atoms with Gasteiger partial charge in [0.2, 0.25) is 0 Å². The number of rotatable bonds is 7. The zero-order chi connectivity index (χ0) is 20.4. The predicted molar refractivity (Wildman–Crippen MR) is 108 cm³/mol. The number of nitro groups is 1. The van der Waals surface area contributed by atoms with Gasteiger partial charge in [0.1, 0.15) is 0 Å². The molecule has 0 heterocycles. The Bertz CT molecular complexity index is 919. The van der Waals surface area contributed by atoms with E-state index in [4.69, 9.17) is 0 Å². The zero-order valence-electron chi connectivity index (χ0n) is 15.8. The Hall–Kier alpha value is -3.42. The molecule has 8 nitrogen and oxygen atoms in total. The monoisotopic (exact) mass is 394 g/mol. The van der Waals surface area contributed by atoms with Crippen LogP contribution in [0.25, 0.3) is 0 Å². The number of hydrogen-bond acceptors (Lipinski definition) is 4. The second-order valence-corrected chi connectivity index (χ2v) is 7.54. The van der Waals surface area contributed by atoms with Crippen molar-refractivity contribution in [1.82, 2.24) is 10.2 Å². The summed E-state index contributed by atoms with van der Waals surface area (Å²) in [6.07, 6.45) is 4.00. The molecule has 2 aromatic rings. The van der Waals surface area contributed by atoms with Gasteiger partial charge in [-0.25, -0.2) is 4.79 Å². The highest BCUT2D eigenvalue weighted by Crippen LogP contribution is 2.29. The van der Waals surface area contributed by atoms with E-state index in [2.05, 4.69) is 10.6 Å². The van der Waals surface area contributed by atoms with Gasteiger partial charge in [-0.05, 0) is 55.5 Å². The van der Waals surface area contributed by atoms with Crippen molar-refractivity contribution < 1.29 is 14.5 Å². The van der Waals surface area contributed by atoms with Crippen molar-refractivity contribution in [3.05, 3.63) is 69.8 Å². The van der Waals surface area contributed by atoms with Gasteiger partial charge in [-0.2, -0.15) is 0 Å². The third-order valence-electron chi connectivity index (χ3n) is 5.06. The number of urea groups is 1. The van der Waals surface area contributed by atoms with E-state index in [1.54, 1.807) is 17.0 Å². The Morgan fingerprint density at radius 2 is 1.66 bits per heavy atom. The lowest BCUT2D eigenvalue weighted by Gasteiger charge is -2.23. The van der Waals surface area contributed by atoms with Gasteiger partial charge in [-0.15, -0.1) is 0 Å². The van der Waals surface area contributed by atoms with Crippen LogP contribution in [0.3, 0.4) is 0 Å². The van der Waals surface area contributed by atoms with Crippen LogP contribution in [0.4, 0.5) is 16.2 Å². The van der Waals surface area contributed by atoms with Gasteiger partial charge in [-0.3, -0.25) is 14.9 Å². The molecule has 2 saturated carbocycles. The fourth-order valence-electron chi connectivity index (χ4n) is 3.07. The van der Waals surface area contributed by atoms with Crippen molar-refractivity contribution in [2.45, 2.75) is 44.3 Å². The summed E-state index contributed by atoms with van der Waals surface area (Å²) in [6.45, 7) is 0.438. The second-order valence-electron chi connectivity index (χ2n) is 7.54. The molecular weight excluding hydrogens is 372 g/mol. The number of non-ortho nitro benzene ring substituents is 1. The first kappa shape index (κ1) is 18.9. The van der Waals surface area contributed by atoms with Crippen molar-refractivity contribution in [3.63, 3.8) is 0 Å². The van der Waals surface area contributed by atoms with E-state index >= 15 is 0 Å². The number of carbonyl (C=O) groups is 2. The van der Waals surface area contributed by atoms with Crippen molar-refractivity contribution >= 4 is 23.3 Å². The number of nitrogens with one attached hydrogen (secondary N) is 2. The molecule has 4 rings (SSSR count). The molecule has 3 amide bonds. The lowest BCUT2D eigenvalue weighted by atomic mass is 10.1. The molecule has 0 radical (unpaired) electrons. The third-order valence-corrected chi connectivity index (χ3v) is 5.06. The maximum atomic E-state index is 12.7. The molecule has 0 aromatic heterocycles. The molecule has 0 atom stereocenters. The minimum Gasteiger partial charge on any atom is -0.349 e. The van der Waals surface area contributed by atoms with Crippen LogP contribution in [0.15, 0.2) is 48.5 Å². The van der Waals surface area contributed by atoms with Gasteiger partial charge in [0.25, 0.3) is 11.6 Å². The van der Waals surface area contributed by atoms with Crippen molar-refractivity contribution in [3.8, 4) is 0 Å². The molecule has 2 aliphatic rings. The highest BCUT2D eigenvalue weighted by Gasteiger charge is 2.32. The van der Waals surface area contributed by atoms with E-state index in [1.165, 1.54) is 24.3 Å². The minimum atomic E-state index is -0.476. The number of nitrogens with zero attached hydrogens (tertiary/aromatic N) is 2. The molecule has 29 heavy (non-hydrogen) atoms. The first-order valence-corrected chi connectivity index (χ1v) is 9.71. The highest BCUT2D eigenvalue weighted by molar-refractivity contribution is 5.94. The fourth-order valence-corrected chi connectivity index (χ4v) is 3.07. The number of nitro benzene ring substituents is 1. The summed E-state index contributed by atoms with van der Waals surface area (Å²) >= 11 is 0. The van der Waals surface area contributed by atoms with E-state index in [0.717, 1.165) is 31.2 Å². The van der Waals surface area contributed by atoms with E-state index in [9.17, 15) is 19.7 Å². The summed E-state index contributed by atoms with van der Waals surface area (Å²) in [5.41, 5.74) is 2.05. The summed E-state index contributed by atoms with van der Waals surface area (Å²) < 4.78 is 0. The van der Waals surface area contributed by atoms with E-state index < -0.39 is 4.92 Å². The van der Waals surface area contributed by atoms with Crippen LogP contribution >= 0.6 is 0 Å². The SMILES string of the molecule is O=C(NC1CC1)c1ccc(CN(C(=O)Nc2ccc([N+](=O)[O-])cc2)C2CC2)cc1. The minimum absolute atomic E-state index is 0.0205. The average molecular weight is 394 g/mol. The number of hydrogen-bond donors (Lipinski definition) is 2. The Morgan fingerprint density at radius 3 is 2.21 bits per heavy atom. The topological polar surface area (TPSA) is 105 Å². The smallest absolute Gasteiger partial charge is 0.322 e. The second kappa shape index (κ2) is 7.90. The van der Waals surface area contributed by atoms with E-state index in [0.29, 0.717) is 23.8 Å². The van der Waals surface area contributed by atoms with E-state index in [1.807, 2.05) is 12.1 Å². The van der Waals surface area contributed by atoms with Crippen molar-refractivity contribution in [2.24, 2.45) is 0 Å². The first-order valence-electron chi connectivity index (χ1n) is 9.71. The average Bonchev–Trinajstić information content (AvgIpc) is 3.62. The molecule has 0 unspecified atom stereocenters. The summed E-state index contributed by atoms with van der Waals surface area (Å²) in [6, 6.07) is 13.3. The molecule has 8 heteroatoms. The van der Waals surface area contributed by atoms with Crippen LogP contribution in [0.5, 0.6) is 0 Å². The quantitative estimate of drug-likeness (QED) is 0.552. The Labute approximate surface area is 168 Å². The Kier molecular flexibility index (Phi) is 5.16. The molecule has 2 fully saturated rings. The van der Waals surface area contributed by atoms with Crippen LogP contribution in [0.1, 0.15) is 41.6 Å². The van der Waals surface area contributed by atoms with Crippen LogP contribution in [0, 0.1) is 10.1 Å². The summed E-state index contributed by atoms with van der Waals surface area (Å²) in [5, 5.41) is 16.5. The fraction of sp³-hybridized carbons (Fsp3) is 0.333. The molecule has 0 saturated heterocycles. The summed E-state index contributed by atoms with van der Waals surface area (Å²) in [4.78, 5) is 36.9. The number of benzene rings is 2. The summed E-state index contributed by atoms with van der Waals surface area (Å²) in [5.74, 6) is -0.0611. The molecule has 150 valence electrons. The van der Waals surface area contributed by atoms with Gasteiger partial charge in [-0.1, -0.05) is 12.1 Å². The number of carbonyl (C=O) groups excluding carboxylic acids is 2. The molecule has 2 aromatic carbocycles. The van der Waals surface area contributed by atoms with Crippen LogP contribution in [-0.2, 0) is 6.54 Å². The van der Waals surface area contributed by atoms with Crippen molar-refractivity contribution in [1.29, 1.82) is 0 Å². The molecule has 0 aliphatic heterocycles. The molecule has 0 spiro atoms. The van der Waals surface area contributed by atoms with Crippen molar-refractivity contribution in [2.75, 3.05) is 5.32 Å². The maximum absolute atomic E-state index is 12.7. The van der Waals surface area contributed by atoms with Gasteiger partial charge >= 0.3 is 6.03 Å². The maximum Gasteiger partial charge on any atom is 0.322 e. The lowest BCUT2D eigenvalue weighted by molar-refractivity contribution is -0.384. The van der Waals surface area contributed by atoms with Crippen LogP contribution < -0.4 is 10.6 Å². The summed E-state index contributed by atoms with van der Waals surface area (Å²) in [7, 11) is 0. The molecule has 0 bridgehead atoms. The van der Waals surface area contributed by atoms with Crippen LogP contribution in [-0.4, -0.2) is 33.8 Å². The van der Waals surface area contributed by atoms with Gasteiger partial charge in [0, 0.05) is 42.0 Å². The van der Waals surface area contributed by atoms with E-state index in [-0.39, 0.29) is 23.7 Å². The Balaban J connectivity index is 1.39. The lowest BCUT2D eigenvalue weighted by Crippen LogP contribution is -2.36. The normalized spacial score (nSPS) is 15.4. The number of amides is 3. The first-order chi connectivity index (χ1) is 14.0. The molecule has 2 aliphatic carbocycles. The third kappa shape index (κ3) is 4.90. The standard InChI is InChI=1S/C21H22N4O4/c26-20(22-16-5-6-16)15-3-1-14(2-4-15)13-24(18-11-12-18)21(27)23-17-7-9-19(10-8-17)25(28)29/h1-4,7-10,16,18H,5-6,11-13H2,(H,22,26)(H,23,27). The molecular formula is C21H22N4O4. The zero-order valence-corrected chi connectivity index (χ0v) is 15.8. The van der Waals surface area contributed by atoms with Gasteiger partial charge in [0.05, 0.1) is 4.92 Å². The number of anilines is 1.